The van der Waals surface area contributed by atoms with Crippen molar-refractivity contribution >= 4 is 32.5 Å². The summed E-state index contributed by atoms with van der Waals surface area (Å²) >= 11 is 0. The van der Waals surface area contributed by atoms with Crippen LogP contribution in [0.15, 0.2) is 77.7 Å². The number of hydrogen-bond donors (Lipinski definition) is 2. The Labute approximate surface area is 162 Å². The number of amides is 1. The second-order valence-corrected chi connectivity index (χ2v) is 8.42. The van der Waals surface area contributed by atoms with Gasteiger partial charge in [0, 0.05) is 5.56 Å². The third-order valence-corrected chi connectivity index (χ3v) is 6.18. The third-order valence-electron chi connectivity index (χ3n) is 4.42. The van der Waals surface area contributed by atoms with E-state index in [1.165, 1.54) is 12.1 Å². The fourth-order valence-corrected chi connectivity index (χ4v) is 4.29. The van der Waals surface area contributed by atoms with Crippen LogP contribution in [0.5, 0.6) is 0 Å². The van der Waals surface area contributed by atoms with E-state index in [0.717, 1.165) is 5.39 Å². The maximum atomic E-state index is 12.6. The molecule has 0 radical (unpaired) electrons. The predicted octanol–water partition coefficient (Wildman–Crippen LogP) is 2.89. The standard InChI is InChI=1S/C21H19NO5S/c23-20(18-12-6-8-15-7-4-5-11-17(15)18)22-19(21(24)25)13-14-28(26,27)16-9-2-1-3-10-16/h1-12,19H,13-14H2,(H,22,23)(H,24,25)/t19-/m0/s1. The van der Waals surface area contributed by atoms with Crippen LogP contribution in [-0.2, 0) is 14.6 Å². The van der Waals surface area contributed by atoms with E-state index in [1.807, 2.05) is 18.2 Å². The maximum Gasteiger partial charge on any atom is 0.326 e. The molecule has 1 atom stereocenters. The number of carbonyl (C=O) groups excluding carboxylic acids is 1. The van der Waals surface area contributed by atoms with Gasteiger partial charge in [-0.3, -0.25) is 4.79 Å². The highest BCUT2D eigenvalue weighted by molar-refractivity contribution is 7.91. The van der Waals surface area contributed by atoms with Crippen LogP contribution in [0.25, 0.3) is 10.8 Å². The molecular formula is C21H19NO5S. The molecule has 0 fully saturated rings. The number of carbonyl (C=O) groups is 2. The van der Waals surface area contributed by atoms with Gasteiger partial charge in [-0.15, -0.1) is 0 Å². The number of carboxylic acids is 1. The molecule has 2 N–H and O–H groups in total. The van der Waals surface area contributed by atoms with Crippen LogP contribution in [0.1, 0.15) is 16.8 Å². The zero-order chi connectivity index (χ0) is 20.1. The fraction of sp³-hybridized carbons (Fsp3) is 0.143. The van der Waals surface area contributed by atoms with E-state index in [1.54, 1.807) is 42.5 Å². The first-order chi connectivity index (χ1) is 13.4. The van der Waals surface area contributed by atoms with E-state index in [2.05, 4.69) is 5.32 Å². The number of aliphatic carboxylic acids is 1. The van der Waals surface area contributed by atoms with Crippen LogP contribution in [0.3, 0.4) is 0 Å². The van der Waals surface area contributed by atoms with Crippen molar-refractivity contribution in [2.75, 3.05) is 5.75 Å². The molecule has 0 saturated carbocycles. The number of carboxylic acid groups (broad SMARTS) is 1. The first-order valence-electron chi connectivity index (χ1n) is 8.68. The molecule has 144 valence electrons. The molecule has 0 spiro atoms. The van der Waals surface area contributed by atoms with E-state index in [4.69, 9.17) is 0 Å². The van der Waals surface area contributed by atoms with Gasteiger partial charge in [0.1, 0.15) is 6.04 Å². The maximum absolute atomic E-state index is 12.6. The van der Waals surface area contributed by atoms with Crippen molar-refractivity contribution in [2.45, 2.75) is 17.4 Å². The number of sulfone groups is 1. The molecule has 3 aromatic rings. The van der Waals surface area contributed by atoms with Gasteiger partial charge in [0.2, 0.25) is 0 Å². The summed E-state index contributed by atoms with van der Waals surface area (Å²) < 4.78 is 24.8. The molecule has 1 amide bonds. The normalized spacial score (nSPS) is 12.4. The number of fused-ring (bicyclic) bond motifs is 1. The fourth-order valence-electron chi connectivity index (χ4n) is 2.94. The average molecular weight is 397 g/mol. The van der Waals surface area contributed by atoms with Gasteiger partial charge >= 0.3 is 5.97 Å². The SMILES string of the molecule is O=C(N[C@@H](CCS(=O)(=O)c1ccccc1)C(=O)O)c1cccc2ccccc12. The highest BCUT2D eigenvalue weighted by atomic mass is 32.2. The Bertz CT molecular complexity index is 1100. The molecule has 28 heavy (non-hydrogen) atoms. The Morgan fingerprint density at radius 2 is 1.54 bits per heavy atom. The lowest BCUT2D eigenvalue weighted by atomic mass is 10.0. The molecule has 0 heterocycles. The lowest BCUT2D eigenvalue weighted by Gasteiger charge is -2.15. The first-order valence-corrected chi connectivity index (χ1v) is 10.3. The molecular weight excluding hydrogens is 378 g/mol. The van der Waals surface area contributed by atoms with Gasteiger partial charge in [-0.1, -0.05) is 54.6 Å². The average Bonchev–Trinajstić information content (AvgIpc) is 2.71. The van der Waals surface area contributed by atoms with Gasteiger partial charge in [0.25, 0.3) is 5.91 Å². The van der Waals surface area contributed by atoms with E-state index in [0.29, 0.717) is 10.9 Å². The number of hydrogen-bond acceptors (Lipinski definition) is 4. The van der Waals surface area contributed by atoms with Crippen molar-refractivity contribution in [3.8, 4) is 0 Å². The second-order valence-electron chi connectivity index (χ2n) is 6.31. The van der Waals surface area contributed by atoms with Crippen LogP contribution >= 0.6 is 0 Å². The van der Waals surface area contributed by atoms with Crippen molar-refractivity contribution in [2.24, 2.45) is 0 Å². The monoisotopic (exact) mass is 397 g/mol. The molecule has 6 nitrogen and oxygen atoms in total. The molecule has 0 aliphatic rings. The minimum absolute atomic E-state index is 0.125. The summed E-state index contributed by atoms with van der Waals surface area (Å²) in [5.74, 6) is -2.22. The second kappa shape index (κ2) is 8.22. The van der Waals surface area contributed by atoms with Gasteiger partial charge in [-0.25, -0.2) is 13.2 Å². The molecule has 3 rings (SSSR count). The van der Waals surface area contributed by atoms with Crippen molar-refractivity contribution < 1.29 is 23.1 Å². The van der Waals surface area contributed by atoms with Crippen LogP contribution in [0.2, 0.25) is 0 Å². The topological polar surface area (TPSA) is 101 Å². The lowest BCUT2D eigenvalue weighted by Crippen LogP contribution is -2.42. The number of nitrogens with one attached hydrogen (secondary N) is 1. The van der Waals surface area contributed by atoms with E-state index in [9.17, 15) is 23.1 Å². The van der Waals surface area contributed by atoms with E-state index in [-0.39, 0.29) is 17.1 Å². The summed E-state index contributed by atoms with van der Waals surface area (Å²) in [5, 5.41) is 13.4. The van der Waals surface area contributed by atoms with Crippen LogP contribution in [0, 0.1) is 0 Å². The summed E-state index contributed by atoms with van der Waals surface area (Å²) in [6.45, 7) is 0. The Morgan fingerprint density at radius 3 is 2.25 bits per heavy atom. The molecule has 0 unspecified atom stereocenters. The van der Waals surface area contributed by atoms with Gasteiger partial charge in [0.05, 0.1) is 10.6 Å². The van der Waals surface area contributed by atoms with Crippen LogP contribution in [0.4, 0.5) is 0 Å². The Kier molecular flexibility index (Phi) is 5.75. The van der Waals surface area contributed by atoms with Gasteiger partial charge in [0.15, 0.2) is 9.84 Å². The summed E-state index contributed by atoms with van der Waals surface area (Å²) in [5.41, 5.74) is 0.343. The number of rotatable bonds is 7. The zero-order valence-electron chi connectivity index (χ0n) is 14.9. The minimum Gasteiger partial charge on any atom is -0.480 e. The van der Waals surface area contributed by atoms with Crippen molar-refractivity contribution in [3.63, 3.8) is 0 Å². The highest BCUT2D eigenvalue weighted by Gasteiger charge is 2.25. The van der Waals surface area contributed by atoms with Crippen molar-refractivity contribution in [3.05, 3.63) is 78.4 Å². The van der Waals surface area contributed by atoms with Crippen molar-refractivity contribution in [1.29, 1.82) is 0 Å². The predicted molar refractivity (Wildman–Crippen MR) is 106 cm³/mol. The largest absolute Gasteiger partial charge is 0.480 e. The summed E-state index contributed by atoms with van der Waals surface area (Å²) in [7, 11) is -3.64. The van der Waals surface area contributed by atoms with Gasteiger partial charge in [-0.05, 0) is 35.4 Å². The van der Waals surface area contributed by atoms with Crippen molar-refractivity contribution in [1.82, 2.24) is 5.32 Å². The molecule has 0 aliphatic carbocycles. The van der Waals surface area contributed by atoms with E-state index < -0.39 is 27.8 Å². The molecule has 0 aliphatic heterocycles. The zero-order valence-corrected chi connectivity index (χ0v) is 15.7. The lowest BCUT2D eigenvalue weighted by molar-refractivity contribution is -0.139. The molecule has 3 aromatic carbocycles. The molecule has 0 bridgehead atoms. The third kappa shape index (κ3) is 4.37. The summed E-state index contributed by atoms with van der Waals surface area (Å²) in [4.78, 5) is 24.3. The minimum atomic E-state index is -3.64. The quantitative estimate of drug-likeness (QED) is 0.638. The smallest absolute Gasteiger partial charge is 0.326 e. The Morgan fingerprint density at radius 1 is 0.893 bits per heavy atom. The molecule has 0 saturated heterocycles. The number of benzene rings is 3. The van der Waals surface area contributed by atoms with E-state index >= 15 is 0 Å². The summed E-state index contributed by atoms with van der Waals surface area (Å²) in [6.07, 6.45) is -0.233. The van der Waals surface area contributed by atoms with Gasteiger partial charge < -0.3 is 10.4 Å². The molecule has 0 aromatic heterocycles. The Balaban J connectivity index is 1.76. The highest BCUT2D eigenvalue weighted by Crippen LogP contribution is 2.19. The van der Waals surface area contributed by atoms with Gasteiger partial charge in [-0.2, -0.15) is 0 Å². The summed E-state index contributed by atoms with van der Waals surface area (Å²) in [6, 6.07) is 18.9. The van der Waals surface area contributed by atoms with Crippen LogP contribution < -0.4 is 5.32 Å². The van der Waals surface area contributed by atoms with Crippen LogP contribution in [-0.4, -0.2) is 37.2 Å². The first kappa shape index (κ1) is 19.6. The molecule has 7 heteroatoms. The Hall–Kier alpha value is -3.19.